The van der Waals surface area contributed by atoms with Gasteiger partial charge in [-0.3, -0.25) is 0 Å². The van der Waals surface area contributed by atoms with E-state index < -0.39 is 23.9 Å². The summed E-state index contributed by atoms with van der Waals surface area (Å²) in [7, 11) is 1.41. The molecule has 1 aliphatic rings. The van der Waals surface area contributed by atoms with Crippen molar-refractivity contribution >= 4 is 11.6 Å². The standard InChI is InChI=1S/C6H11ClO4/c1-10-6-5(9)4(7)3(8)2-11-6/h3-6,8-9H,2H2,1H3. The number of alkyl halides is 1. The number of aliphatic hydroxyl groups is 2. The Morgan fingerprint density at radius 3 is 2.73 bits per heavy atom. The molecule has 0 aromatic rings. The van der Waals surface area contributed by atoms with E-state index in [9.17, 15) is 5.11 Å². The first-order valence-corrected chi connectivity index (χ1v) is 3.75. The van der Waals surface area contributed by atoms with Crippen LogP contribution < -0.4 is 0 Å². The molecule has 0 amide bonds. The predicted octanol–water partition coefficient (Wildman–Crippen LogP) is -0.682. The first-order chi connectivity index (χ1) is 5.16. The van der Waals surface area contributed by atoms with Gasteiger partial charge in [-0.25, -0.2) is 0 Å². The van der Waals surface area contributed by atoms with Gasteiger partial charge in [-0.1, -0.05) is 0 Å². The molecule has 4 atom stereocenters. The lowest BCUT2D eigenvalue weighted by molar-refractivity contribution is -0.222. The highest BCUT2D eigenvalue weighted by Gasteiger charge is 2.37. The lowest BCUT2D eigenvalue weighted by Gasteiger charge is -2.33. The smallest absolute Gasteiger partial charge is 0.184 e. The van der Waals surface area contributed by atoms with Gasteiger partial charge in [0.2, 0.25) is 0 Å². The first-order valence-electron chi connectivity index (χ1n) is 3.31. The van der Waals surface area contributed by atoms with Gasteiger partial charge in [0, 0.05) is 7.11 Å². The minimum absolute atomic E-state index is 0.101. The second-order valence-corrected chi connectivity index (χ2v) is 2.94. The Labute approximate surface area is 69.7 Å². The molecule has 1 saturated heterocycles. The molecule has 2 N–H and O–H groups in total. The maximum absolute atomic E-state index is 9.27. The number of halogens is 1. The average molecular weight is 183 g/mol. The Balaban J connectivity index is 2.52. The van der Waals surface area contributed by atoms with Crippen LogP contribution in [0.4, 0.5) is 0 Å². The van der Waals surface area contributed by atoms with E-state index in [1.165, 1.54) is 7.11 Å². The molecule has 4 unspecified atom stereocenters. The molecule has 11 heavy (non-hydrogen) atoms. The minimum atomic E-state index is -0.967. The van der Waals surface area contributed by atoms with Crippen molar-refractivity contribution in [1.29, 1.82) is 0 Å². The molecule has 0 saturated carbocycles. The van der Waals surface area contributed by atoms with Crippen LogP contribution in [-0.4, -0.2) is 47.8 Å². The van der Waals surface area contributed by atoms with Gasteiger partial charge in [-0.15, -0.1) is 11.6 Å². The average Bonchev–Trinajstić information content (AvgIpc) is 2.01. The highest BCUT2D eigenvalue weighted by atomic mass is 35.5. The van der Waals surface area contributed by atoms with Gasteiger partial charge in [0.15, 0.2) is 6.29 Å². The highest BCUT2D eigenvalue weighted by Crippen LogP contribution is 2.20. The van der Waals surface area contributed by atoms with Gasteiger partial charge in [0.05, 0.1) is 18.1 Å². The molecule has 66 valence electrons. The summed E-state index contributed by atoms with van der Waals surface area (Å²) in [6.45, 7) is 0.101. The molecule has 1 heterocycles. The lowest BCUT2D eigenvalue weighted by Crippen LogP contribution is -2.50. The molecule has 0 bridgehead atoms. The molecule has 1 rings (SSSR count). The zero-order chi connectivity index (χ0) is 8.43. The monoisotopic (exact) mass is 182 g/mol. The van der Waals surface area contributed by atoms with Gasteiger partial charge in [0.1, 0.15) is 6.10 Å². The summed E-state index contributed by atoms with van der Waals surface area (Å²) in [5, 5.41) is 17.6. The SMILES string of the molecule is COC1OCC(O)C(Cl)C1O. The lowest BCUT2D eigenvalue weighted by atomic mass is 10.1. The third kappa shape index (κ3) is 1.83. The van der Waals surface area contributed by atoms with Crippen LogP contribution in [-0.2, 0) is 9.47 Å². The topological polar surface area (TPSA) is 58.9 Å². The molecular weight excluding hydrogens is 172 g/mol. The number of ether oxygens (including phenoxy) is 2. The van der Waals surface area contributed by atoms with Crippen LogP contribution >= 0.6 is 11.6 Å². The van der Waals surface area contributed by atoms with Gasteiger partial charge in [-0.2, -0.15) is 0 Å². The van der Waals surface area contributed by atoms with Gasteiger partial charge < -0.3 is 19.7 Å². The summed E-state index contributed by atoms with van der Waals surface area (Å²) < 4.78 is 9.67. The van der Waals surface area contributed by atoms with Crippen molar-refractivity contribution in [3.8, 4) is 0 Å². The third-order valence-electron chi connectivity index (χ3n) is 1.64. The fraction of sp³-hybridized carbons (Fsp3) is 1.00. The Kier molecular flexibility index (Phi) is 3.09. The summed E-state index contributed by atoms with van der Waals surface area (Å²) in [4.78, 5) is 0. The van der Waals surface area contributed by atoms with Crippen molar-refractivity contribution in [2.24, 2.45) is 0 Å². The maximum Gasteiger partial charge on any atom is 0.184 e. The highest BCUT2D eigenvalue weighted by molar-refractivity contribution is 6.21. The van der Waals surface area contributed by atoms with Crippen molar-refractivity contribution in [2.45, 2.75) is 23.9 Å². The summed E-state index contributed by atoms with van der Waals surface area (Å²) in [6.07, 6.45) is -2.51. The van der Waals surface area contributed by atoms with Gasteiger partial charge >= 0.3 is 0 Å². The second kappa shape index (κ2) is 3.69. The molecule has 1 aliphatic heterocycles. The van der Waals surface area contributed by atoms with E-state index >= 15 is 0 Å². The van der Waals surface area contributed by atoms with E-state index in [0.717, 1.165) is 0 Å². The predicted molar refractivity (Wildman–Crippen MR) is 38.4 cm³/mol. The summed E-state index contributed by atoms with van der Waals surface area (Å²) in [5.74, 6) is 0. The van der Waals surface area contributed by atoms with Crippen molar-refractivity contribution in [3.63, 3.8) is 0 Å². The quantitative estimate of drug-likeness (QED) is 0.528. The fourth-order valence-electron chi connectivity index (χ4n) is 0.969. The molecule has 5 heteroatoms. The number of aliphatic hydroxyl groups excluding tert-OH is 2. The Bertz CT molecular complexity index is 130. The summed E-state index contributed by atoms with van der Waals surface area (Å²) in [6, 6.07) is 0. The Morgan fingerprint density at radius 2 is 2.18 bits per heavy atom. The van der Waals surface area contributed by atoms with Crippen LogP contribution in [0.1, 0.15) is 0 Å². The summed E-state index contributed by atoms with van der Waals surface area (Å²) in [5.41, 5.74) is 0. The van der Waals surface area contributed by atoms with E-state index in [0.29, 0.717) is 0 Å². The van der Waals surface area contributed by atoms with Gasteiger partial charge in [0.25, 0.3) is 0 Å². The zero-order valence-corrected chi connectivity index (χ0v) is 6.86. The largest absolute Gasteiger partial charge is 0.389 e. The van der Waals surface area contributed by atoms with Gasteiger partial charge in [-0.05, 0) is 0 Å². The van der Waals surface area contributed by atoms with Crippen LogP contribution in [0.25, 0.3) is 0 Å². The second-order valence-electron chi connectivity index (χ2n) is 2.44. The van der Waals surface area contributed by atoms with E-state index in [-0.39, 0.29) is 6.61 Å². The van der Waals surface area contributed by atoms with Crippen LogP contribution in [0.3, 0.4) is 0 Å². The third-order valence-corrected chi connectivity index (χ3v) is 2.19. The fourth-order valence-corrected chi connectivity index (χ4v) is 1.16. The molecule has 0 radical (unpaired) electrons. The minimum Gasteiger partial charge on any atom is -0.389 e. The zero-order valence-electron chi connectivity index (χ0n) is 6.11. The molecule has 0 aromatic carbocycles. The first kappa shape index (κ1) is 9.22. The van der Waals surface area contributed by atoms with Crippen LogP contribution in [0.5, 0.6) is 0 Å². The number of hydrogen-bond donors (Lipinski definition) is 2. The Hall–Kier alpha value is 0.130. The van der Waals surface area contributed by atoms with E-state index in [1.54, 1.807) is 0 Å². The molecular formula is C6H11ClO4. The molecule has 0 aromatic heterocycles. The summed E-state index contributed by atoms with van der Waals surface area (Å²) >= 11 is 5.63. The molecule has 0 aliphatic carbocycles. The number of hydrogen-bond acceptors (Lipinski definition) is 4. The number of rotatable bonds is 1. The maximum atomic E-state index is 9.27. The van der Waals surface area contributed by atoms with E-state index in [1.807, 2.05) is 0 Å². The molecule has 1 fully saturated rings. The van der Waals surface area contributed by atoms with Crippen molar-refractivity contribution in [2.75, 3.05) is 13.7 Å². The van der Waals surface area contributed by atoms with Crippen LogP contribution in [0.2, 0.25) is 0 Å². The number of methoxy groups -OCH3 is 1. The van der Waals surface area contributed by atoms with Crippen LogP contribution in [0, 0.1) is 0 Å². The van der Waals surface area contributed by atoms with E-state index in [2.05, 4.69) is 0 Å². The van der Waals surface area contributed by atoms with Crippen molar-refractivity contribution < 1.29 is 19.7 Å². The van der Waals surface area contributed by atoms with Crippen molar-refractivity contribution in [3.05, 3.63) is 0 Å². The normalized spacial score (nSPS) is 45.8. The van der Waals surface area contributed by atoms with E-state index in [4.69, 9.17) is 26.2 Å². The Morgan fingerprint density at radius 1 is 1.55 bits per heavy atom. The van der Waals surface area contributed by atoms with Crippen LogP contribution in [0.15, 0.2) is 0 Å². The van der Waals surface area contributed by atoms with Crippen molar-refractivity contribution in [1.82, 2.24) is 0 Å². The molecule has 0 spiro atoms. The molecule has 4 nitrogen and oxygen atoms in total.